The van der Waals surface area contributed by atoms with E-state index in [2.05, 4.69) is 5.32 Å². The predicted molar refractivity (Wildman–Crippen MR) is 108 cm³/mol. The maximum Gasteiger partial charge on any atom is 0.243 e. The molecule has 1 heterocycles. The SMILES string of the molecule is Cc1ccc(Cl)cc1NC(=O)C1CCCN(S(=O)(=O)c2ccc(Cl)cc2)C1. The molecule has 1 aliphatic heterocycles. The number of amides is 1. The minimum absolute atomic E-state index is 0.149. The fourth-order valence-electron chi connectivity index (χ4n) is 3.09. The van der Waals surface area contributed by atoms with Gasteiger partial charge in [0.1, 0.15) is 0 Å². The lowest BCUT2D eigenvalue weighted by atomic mass is 9.98. The van der Waals surface area contributed by atoms with Crippen molar-refractivity contribution in [2.45, 2.75) is 24.7 Å². The molecule has 2 aromatic rings. The number of sulfonamides is 1. The van der Waals surface area contributed by atoms with E-state index in [-0.39, 0.29) is 17.3 Å². The summed E-state index contributed by atoms with van der Waals surface area (Å²) in [7, 11) is -3.66. The second kappa shape index (κ2) is 8.19. The summed E-state index contributed by atoms with van der Waals surface area (Å²) in [5.41, 5.74) is 1.54. The maximum absolute atomic E-state index is 12.9. The number of benzene rings is 2. The third-order valence-corrected chi connectivity index (χ3v) is 7.03. The topological polar surface area (TPSA) is 66.5 Å². The molecule has 3 rings (SSSR count). The van der Waals surface area contributed by atoms with Gasteiger partial charge in [0.05, 0.1) is 10.8 Å². The van der Waals surface area contributed by atoms with Crippen molar-refractivity contribution in [2.75, 3.05) is 18.4 Å². The molecule has 1 atom stereocenters. The van der Waals surface area contributed by atoms with E-state index in [0.29, 0.717) is 35.1 Å². The van der Waals surface area contributed by atoms with Crippen LogP contribution in [0.15, 0.2) is 47.4 Å². The summed E-state index contributed by atoms with van der Waals surface area (Å²) in [5.74, 6) is -0.615. The number of rotatable bonds is 4. The van der Waals surface area contributed by atoms with E-state index in [1.807, 2.05) is 13.0 Å². The number of piperidine rings is 1. The number of halogens is 2. The lowest BCUT2D eigenvalue weighted by Crippen LogP contribution is -2.43. The molecule has 0 bridgehead atoms. The molecule has 1 aliphatic rings. The van der Waals surface area contributed by atoms with Crippen molar-refractivity contribution in [1.82, 2.24) is 4.31 Å². The van der Waals surface area contributed by atoms with Crippen molar-refractivity contribution < 1.29 is 13.2 Å². The van der Waals surface area contributed by atoms with E-state index in [0.717, 1.165) is 5.56 Å². The highest BCUT2D eigenvalue weighted by Gasteiger charge is 2.33. The minimum atomic E-state index is -3.66. The number of carbonyl (C=O) groups excluding carboxylic acids is 1. The van der Waals surface area contributed by atoms with Crippen LogP contribution >= 0.6 is 23.2 Å². The van der Waals surface area contributed by atoms with Crippen LogP contribution in [0.2, 0.25) is 10.0 Å². The van der Waals surface area contributed by atoms with Gasteiger partial charge < -0.3 is 5.32 Å². The summed E-state index contributed by atoms with van der Waals surface area (Å²) in [6, 6.07) is 11.3. The molecule has 1 N–H and O–H groups in total. The molecule has 0 radical (unpaired) electrons. The Kier molecular flexibility index (Phi) is 6.11. The van der Waals surface area contributed by atoms with Crippen LogP contribution in [0.3, 0.4) is 0 Å². The normalized spacial score (nSPS) is 18.3. The number of hydrogen-bond acceptors (Lipinski definition) is 3. The van der Waals surface area contributed by atoms with Gasteiger partial charge in [0.2, 0.25) is 15.9 Å². The number of anilines is 1. The highest BCUT2D eigenvalue weighted by atomic mass is 35.5. The van der Waals surface area contributed by atoms with Crippen molar-refractivity contribution in [3.63, 3.8) is 0 Å². The van der Waals surface area contributed by atoms with Crippen LogP contribution in [0, 0.1) is 12.8 Å². The van der Waals surface area contributed by atoms with Crippen molar-refractivity contribution in [1.29, 1.82) is 0 Å². The molecular weight excluding hydrogens is 407 g/mol. The largest absolute Gasteiger partial charge is 0.326 e. The minimum Gasteiger partial charge on any atom is -0.326 e. The second-order valence-corrected chi connectivity index (χ2v) is 9.42. The predicted octanol–water partition coefficient (Wildman–Crippen LogP) is 4.34. The molecule has 1 amide bonds. The van der Waals surface area contributed by atoms with Crippen LogP contribution in [0.4, 0.5) is 5.69 Å². The molecule has 2 aromatic carbocycles. The standard InChI is InChI=1S/C19H20Cl2N2O3S/c1-13-4-5-16(21)11-18(13)22-19(24)14-3-2-10-23(12-14)27(25,26)17-8-6-15(20)7-9-17/h4-9,11,14H,2-3,10,12H2,1H3,(H,22,24). The van der Waals surface area contributed by atoms with E-state index in [1.54, 1.807) is 24.3 Å². The Morgan fingerprint density at radius 3 is 2.48 bits per heavy atom. The first-order valence-corrected chi connectivity index (χ1v) is 10.8. The average Bonchev–Trinajstić information content (AvgIpc) is 2.65. The second-order valence-electron chi connectivity index (χ2n) is 6.60. The first-order valence-electron chi connectivity index (χ1n) is 8.60. The fourth-order valence-corrected chi connectivity index (χ4v) is 4.92. The van der Waals surface area contributed by atoms with Gasteiger partial charge in [-0.05, 0) is 61.7 Å². The summed E-state index contributed by atoms with van der Waals surface area (Å²) >= 11 is 11.8. The van der Waals surface area contributed by atoms with Crippen LogP contribution < -0.4 is 5.32 Å². The third-order valence-electron chi connectivity index (χ3n) is 4.66. The van der Waals surface area contributed by atoms with Gasteiger partial charge in [-0.2, -0.15) is 4.31 Å². The number of nitrogens with one attached hydrogen (secondary N) is 1. The first-order chi connectivity index (χ1) is 12.8. The molecule has 0 aromatic heterocycles. The molecule has 0 saturated carbocycles. The number of carbonyl (C=O) groups is 1. The molecule has 1 fully saturated rings. The molecule has 0 aliphatic carbocycles. The monoisotopic (exact) mass is 426 g/mol. The molecule has 1 unspecified atom stereocenters. The molecule has 1 saturated heterocycles. The van der Waals surface area contributed by atoms with Crippen LogP contribution in [-0.4, -0.2) is 31.7 Å². The van der Waals surface area contributed by atoms with E-state index < -0.39 is 15.9 Å². The highest BCUT2D eigenvalue weighted by molar-refractivity contribution is 7.89. The third kappa shape index (κ3) is 4.63. The Balaban J connectivity index is 1.74. The Labute approximate surface area is 169 Å². The Bertz CT molecular complexity index is 946. The molecule has 144 valence electrons. The summed E-state index contributed by atoms with van der Waals surface area (Å²) in [6.45, 7) is 2.42. The van der Waals surface area contributed by atoms with E-state index in [1.165, 1.54) is 16.4 Å². The van der Waals surface area contributed by atoms with Crippen molar-refractivity contribution in [3.05, 3.63) is 58.1 Å². The van der Waals surface area contributed by atoms with Gasteiger partial charge in [-0.3, -0.25) is 4.79 Å². The summed E-state index contributed by atoms with van der Waals surface area (Å²) in [6.07, 6.45) is 1.26. The number of nitrogens with zero attached hydrogens (tertiary/aromatic N) is 1. The highest BCUT2D eigenvalue weighted by Crippen LogP contribution is 2.27. The van der Waals surface area contributed by atoms with E-state index in [9.17, 15) is 13.2 Å². The summed E-state index contributed by atoms with van der Waals surface area (Å²) in [4.78, 5) is 12.9. The van der Waals surface area contributed by atoms with E-state index in [4.69, 9.17) is 23.2 Å². The van der Waals surface area contributed by atoms with Crippen LogP contribution in [0.25, 0.3) is 0 Å². The summed E-state index contributed by atoms with van der Waals surface area (Å²) < 4.78 is 27.1. The van der Waals surface area contributed by atoms with Crippen molar-refractivity contribution >= 4 is 44.8 Å². The molecular formula is C19H20Cl2N2O3S. The van der Waals surface area contributed by atoms with Gasteiger partial charge in [0, 0.05) is 28.8 Å². The Morgan fingerprint density at radius 2 is 1.78 bits per heavy atom. The van der Waals surface area contributed by atoms with Crippen molar-refractivity contribution in [2.24, 2.45) is 5.92 Å². The molecule has 8 heteroatoms. The Morgan fingerprint density at radius 1 is 1.11 bits per heavy atom. The molecule has 27 heavy (non-hydrogen) atoms. The van der Waals surface area contributed by atoms with E-state index >= 15 is 0 Å². The summed E-state index contributed by atoms with van der Waals surface area (Å²) in [5, 5.41) is 3.89. The van der Waals surface area contributed by atoms with Crippen LogP contribution in [-0.2, 0) is 14.8 Å². The maximum atomic E-state index is 12.9. The zero-order chi connectivity index (χ0) is 19.6. The van der Waals surface area contributed by atoms with Gasteiger partial charge in [0.25, 0.3) is 0 Å². The average molecular weight is 427 g/mol. The quantitative estimate of drug-likeness (QED) is 0.790. The van der Waals surface area contributed by atoms with Crippen molar-refractivity contribution in [3.8, 4) is 0 Å². The van der Waals surface area contributed by atoms with Gasteiger partial charge in [-0.25, -0.2) is 8.42 Å². The zero-order valence-corrected chi connectivity index (χ0v) is 17.1. The Hall–Kier alpha value is -1.60. The number of hydrogen-bond donors (Lipinski definition) is 1. The van der Waals surface area contributed by atoms with Gasteiger partial charge >= 0.3 is 0 Å². The molecule has 0 spiro atoms. The lowest BCUT2D eigenvalue weighted by Gasteiger charge is -2.31. The van der Waals surface area contributed by atoms with Gasteiger partial charge in [-0.1, -0.05) is 29.3 Å². The lowest BCUT2D eigenvalue weighted by molar-refractivity contribution is -0.120. The first kappa shape index (κ1) is 20.1. The smallest absolute Gasteiger partial charge is 0.243 e. The van der Waals surface area contributed by atoms with Crippen LogP contribution in [0.1, 0.15) is 18.4 Å². The zero-order valence-electron chi connectivity index (χ0n) is 14.8. The van der Waals surface area contributed by atoms with Crippen LogP contribution in [0.5, 0.6) is 0 Å². The number of aryl methyl sites for hydroxylation is 1. The van der Waals surface area contributed by atoms with Gasteiger partial charge in [-0.15, -0.1) is 0 Å². The fraction of sp³-hybridized carbons (Fsp3) is 0.316. The van der Waals surface area contributed by atoms with Gasteiger partial charge in [0.15, 0.2) is 0 Å². The molecule has 5 nitrogen and oxygen atoms in total.